The number of hydrogen-bond donors (Lipinski definition) is 3. The van der Waals surface area contributed by atoms with E-state index < -0.39 is 22.8 Å². The number of primary amides is 1. The third-order valence-corrected chi connectivity index (χ3v) is 5.01. The van der Waals surface area contributed by atoms with Crippen molar-refractivity contribution in [2.24, 2.45) is 11.1 Å². The van der Waals surface area contributed by atoms with Gasteiger partial charge >= 0.3 is 0 Å². The zero-order valence-electron chi connectivity index (χ0n) is 14.6. The van der Waals surface area contributed by atoms with E-state index in [2.05, 4.69) is 5.32 Å². The maximum atomic E-state index is 12.5. The normalized spacial score (nSPS) is 20.4. The van der Waals surface area contributed by atoms with Gasteiger partial charge in [0.2, 0.25) is 5.91 Å². The second-order valence-electron chi connectivity index (χ2n) is 7.43. The van der Waals surface area contributed by atoms with Crippen molar-refractivity contribution in [3.63, 3.8) is 0 Å². The summed E-state index contributed by atoms with van der Waals surface area (Å²) in [5.74, 6) is -0.714. The summed E-state index contributed by atoms with van der Waals surface area (Å²) in [6.07, 6.45) is 1.61. The van der Waals surface area contributed by atoms with Gasteiger partial charge in [0.05, 0.1) is 11.0 Å². The fourth-order valence-corrected chi connectivity index (χ4v) is 3.44. The van der Waals surface area contributed by atoms with E-state index in [0.29, 0.717) is 38.2 Å². The van der Waals surface area contributed by atoms with E-state index in [0.717, 1.165) is 5.56 Å². The van der Waals surface area contributed by atoms with Crippen LogP contribution >= 0.6 is 0 Å². The number of carbonyl (C=O) groups is 2. The van der Waals surface area contributed by atoms with Crippen molar-refractivity contribution in [1.82, 2.24) is 5.32 Å². The van der Waals surface area contributed by atoms with Gasteiger partial charge in [0.1, 0.15) is 5.60 Å². The van der Waals surface area contributed by atoms with Crippen LogP contribution in [0, 0.1) is 5.41 Å². The quantitative estimate of drug-likeness (QED) is 0.755. The van der Waals surface area contributed by atoms with Gasteiger partial charge in [-0.1, -0.05) is 6.07 Å². The zero-order valence-corrected chi connectivity index (χ0v) is 14.6. The van der Waals surface area contributed by atoms with Crippen LogP contribution in [-0.4, -0.2) is 42.3 Å². The molecule has 2 aliphatic heterocycles. The number of rotatable bonds is 4. The smallest absolute Gasteiger partial charge is 0.255 e. The van der Waals surface area contributed by atoms with Crippen LogP contribution in [0.4, 0.5) is 0 Å². The van der Waals surface area contributed by atoms with E-state index in [1.807, 2.05) is 13.8 Å². The predicted octanol–water partition coefficient (Wildman–Crippen LogP) is 1.12. The number of fused-ring (bicyclic) bond motifs is 1. The van der Waals surface area contributed by atoms with Gasteiger partial charge in [-0.25, -0.2) is 0 Å². The molecule has 0 bridgehead atoms. The van der Waals surface area contributed by atoms with Crippen LogP contribution in [-0.2, 0) is 16.0 Å². The van der Waals surface area contributed by atoms with Gasteiger partial charge in [-0.2, -0.15) is 0 Å². The van der Waals surface area contributed by atoms with Crippen molar-refractivity contribution in [2.75, 3.05) is 19.8 Å². The standard InChI is InChI=1S/C18H24N2O5/c1-17(2)9-11-3-4-12(13(21)14(11)25-17)15(22)20-10-18(16(19)23)5-7-24-8-6-18/h3-4,21H,5-10H2,1-2H3,(H2,19,23)(H,20,22). The molecule has 7 heteroatoms. The summed E-state index contributed by atoms with van der Waals surface area (Å²) in [5, 5.41) is 13.2. The lowest BCUT2D eigenvalue weighted by atomic mass is 9.79. The van der Waals surface area contributed by atoms with Gasteiger partial charge in [-0.15, -0.1) is 0 Å². The molecule has 0 spiro atoms. The second-order valence-corrected chi connectivity index (χ2v) is 7.43. The second kappa shape index (κ2) is 6.22. The van der Waals surface area contributed by atoms with Gasteiger partial charge in [0.15, 0.2) is 11.5 Å². The largest absolute Gasteiger partial charge is 0.504 e. The van der Waals surface area contributed by atoms with Crippen LogP contribution in [0.2, 0.25) is 0 Å². The summed E-state index contributed by atoms with van der Waals surface area (Å²) >= 11 is 0. The molecule has 2 aliphatic rings. The average Bonchev–Trinajstić information content (AvgIpc) is 2.89. The van der Waals surface area contributed by atoms with Crippen molar-refractivity contribution >= 4 is 11.8 Å². The maximum Gasteiger partial charge on any atom is 0.255 e. The molecule has 0 unspecified atom stereocenters. The minimum absolute atomic E-state index is 0.118. The predicted molar refractivity (Wildman–Crippen MR) is 90.5 cm³/mol. The number of phenolic OH excluding ortho intramolecular Hbond substituents is 1. The van der Waals surface area contributed by atoms with Crippen LogP contribution in [0.5, 0.6) is 11.5 Å². The Morgan fingerprint density at radius 3 is 2.60 bits per heavy atom. The monoisotopic (exact) mass is 348 g/mol. The minimum atomic E-state index is -0.807. The SMILES string of the molecule is CC1(C)Cc2ccc(C(=O)NCC3(C(N)=O)CCOCC3)c(O)c2O1. The molecule has 136 valence electrons. The molecule has 1 aromatic carbocycles. The van der Waals surface area contributed by atoms with E-state index in [4.69, 9.17) is 15.2 Å². The molecule has 0 radical (unpaired) electrons. The number of hydrogen-bond acceptors (Lipinski definition) is 5. The first-order valence-electron chi connectivity index (χ1n) is 8.44. The molecule has 0 saturated carbocycles. The van der Waals surface area contributed by atoms with Crippen LogP contribution in [0.25, 0.3) is 0 Å². The molecule has 0 aromatic heterocycles. The Morgan fingerprint density at radius 2 is 1.96 bits per heavy atom. The first kappa shape index (κ1) is 17.5. The number of ether oxygens (including phenoxy) is 2. The minimum Gasteiger partial charge on any atom is -0.504 e. The van der Waals surface area contributed by atoms with Crippen molar-refractivity contribution in [3.8, 4) is 11.5 Å². The number of nitrogens with two attached hydrogens (primary N) is 1. The van der Waals surface area contributed by atoms with Crippen LogP contribution in [0.15, 0.2) is 12.1 Å². The maximum absolute atomic E-state index is 12.5. The number of benzene rings is 1. The molecule has 3 rings (SSSR count). The third kappa shape index (κ3) is 3.28. The Kier molecular flexibility index (Phi) is 4.36. The lowest BCUT2D eigenvalue weighted by Crippen LogP contribution is -2.49. The highest BCUT2D eigenvalue weighted by Crippen LogP contribution is 2.43. The van der Waals surface area contributed by atoms with Gasteiger partial charge in [0, 0.05) is 31.7 Å². The zero-order chi connectivity index (χ0) is 18.2. The lowest BCUT2D eigenvalue weighted by Gasteiger charge is -2.34. The first-order chi connectivity index (χ1) is 11.7. The Balaban J connectivity index is 1.75. The highest BCUT2D eigenvalue weighted by Gasteiger charge is 2.39. The van der Waals surface area contributed by atoms with Crippen LogP contribution in [0.1, 0.15) is 42.6 Å². The van der Waals surface area contributed by atoms with Crippen molar-refractivity contribution in [3.05, 3.63) is 23.3 Å². The van der Waals surface area contributed by atoms with Crippen molar-refractivity contribution < 1.29 is 24.2 Å². The molecule has 2 amide bonds. The fraction of sp³-hybridized carbons (Fsp3) is 0.556. The van der Waals surface area contributed by atoms with Gasteiger partial charge in [-0.05, 0) is 32.8 Å². The summed E-state index contributed by atoms with van der Waals surface area (Å²) in [6, 6.07) is 3.37. The summed E-state index contributed by atoms with van der Waals surface area (Å²) in [7, 11) is 0. The number of carbonyl (C=O) groups excluding carboxylic acids is 2. The molecule has 1 fully saturated rings. The summed E-state index contributed by atoms with van der Waals surface area (Å²) in [6.45, 7) is 4.84. The number of amides is 2. The molecule has 4 N–H and O–H groups in total. The topological polar surface area (TPSA) is 111 Å². The van der Waals surface area contributed by atoms with Crippen LogP contribution in [0.3, 0.4) is 0 Å². The highest BCUT2D eigenvalue weighted by atomic mass is 16.5. The first-order valence-corrected chi connectivity index (χ1v) is 8.44. The molecular weight excluding hydrogens is 324 g/mol. The molecule has 25 heavy (non-hydrogen) atoms. The number of phenols is 1. The lowest BCUT2D eigenvalue weighted by molar-refractivity contribution is -0.132. The Labute approximate surface area is 146 Å². The molecule has 1 aromatic rings. The number of aromatic hydroxyl groups is 1. The Morgan fingerprint density at radius 1 is 1.28 bits per heavy atom. The van der Waals surface area contributed by atoms with E-state index in [1.165, 1.54) is 0 Å². The summed E-state index contributed by atoms with van der Waals surface area (Å²) < 4.78 is 11.0. The van der Waals surface area contributed by atoms with Gasteiger partial charge in [0.25, 0.3) is 5.91 Å². The van der Waals surface area contributed by atoms with E-state index >= 15 is 0 Å². The van der Waals surface area contributed by atoms with Gasteiger partial charge in [-0.3, -0.25) is 9.59 Å². The summed E-state index contributed by atoms with van der Waals surface area (Å²) in [4.78, 5) is 24.4. The van der Waals surface area contributed by atoms with E-state index in [-0.39, 0.29) is 17.9 Å². The highest BCUT2D eigenvalue weighted by molar-refractivity contribution is 5.98. The molecule has 7 nitrogen and oxygen atoms in total. The molecule has 0 atom stereocenters. The number of nitrogens with one attached hydrogen (secondary N) is 1. The Hall–Kier alpha value is -2.28. The van der Waals surface area contributed by atoms with Crippen LogP contribution < -0.4 is 15.8 Å². The van der Waals surface area contributed by atoms with Crippen molar-refractivity contribution in [1.29, 1.82) is 0 Å². The molecular formula is C18H24N2O5. The van der Waals surface area contributed by atoms with Gasteiger partial charge < -0.3 is 25.6 Å². The molecule has 1 saturated heterocycles. The fourth-order valence-electron chi connectivity index (χ4n) is 3.44. The molecule has 2 heterocycles. The molecule has 0 aliphatic carbocycles. The van der Waals surface area contributed by atoms with E-state index in [1.54, 1.807) is 12.1 Å². The van der Waals surface area contributed by atoms with E-state index in [9.17, 15) is 14.7 Å². The Bertz CT molecular complexity index is 708. The van der Waals surface area contributed by atoms with Crippen molar-refractivity contribution in [2.45, 2.75) is 38.7 Å². The third-order valence-electron chi connectivity index (χ3n) is 5.01. The average molecular weight is 348 g/mol. The summed E-state index contributed by atoms with van der Waals surface area (Å²) in [5.41, 5.74) is 5.33.